The van der Waals surface area contributed by atoms with Crippen LogP contribution >= 0.6 is 11.8 Å². The van der Waals surface area contributed by atoms with Gasteiger partial charge in [0.2, 0.25) is 17.8 Å². The quantitative estimate of drug-likeness (QED) is 0.864. The number of nitrogens with zero attached hydrogens (tertiary/aromatic N) is 1. The predicted molar refractivity (Wildman–Crippen MR) is 72.7 cm³/mol. The van der Waals surface area contributed by atoms with E-state index in [0.717, 1.165) is 16.5 Å². The van der Waals surface area contributed by atoms with Gasteiger partial charge in [-0.15, -0.1) is 11.8 Å². The van der Waals surface area contributed by atoms with E-state index in [1.165, 1.54) is 6.07 Å². The molecule has 6 heteroatoms. The van der Waals surface area contributed by atoms with Gasteiger partial charge in [-0.3, -0.25) is 4.79 Å². The Hall–Kier alpha value is -1.95. The molecule has 1 unspecified atom stereocenters. The summed E-state index contributed by atoms with van der Waals surface area (Å²) >= 11 is 1.59. The number of nitrogens with one attached hydrogen (secondary N) is 1. The largest absolute Gasteiger partial charge is 0.322 e. The molecule has 0 aliphatic carbocycles. The Labute approximate surface area is 118 Å². The summed E-state index contributed by atoms with van der Waals surface area (Å²) < 4.78 is 26.1. The Morgan fingerprint density at radius 3 is 2.85 bits per heavy atom. The minimum atomic E-state index is -1.02. The summed E-state index contributed by atoms with van der Waals surface area (Å²) in [5.74, 6) is -1.96. The molecule has 0 saturated carbocycles. The third kappa shape index (κ3) is 2.38. The zero-order valence-electron chi connectivity index (χ0n) is 10.3. The molecule has 102 valence electrons. The number of hydrogen-bond donors (Lipinski definition) is 1. The van der Waals surface area contributed by atoms with Crippen molar-refractivity contribution in [3.8, 4) is 0 Å². The van der Waals surface area contributed by atoms with E-state index in [2.05, 4.69) is 10.3 Å². The molecule has 1 N–H and O–H groups in total. The molecule has 1 aromatic heterocycles. The van der Waals surface area contributed by atoms with Crippen LogP contribution in [0.3, 0.4) is 0 Å². The molecule has 1 amide bonds. The van der Waals surface area contributed by atoms with Crippen molar-refractivity contribution in [3.63, 3.8) is 0 Å². The van der Waals surface area contributed by atoms with E-state index in [1.54, 1.807) is 11.8 Å². The highest BCUT2D eigenvalue weighted by molar-refractivity contribution is 7.99. The highest BCUT2D eigenvalue weighted by Crippen LogP contribution is 2.39. The Morgan fingerprint density at radius 1 is 1.25 bits per heavy atom. The minimum Gasteiger partial charge on any atom is -0.322 e. The van der Waals surface area contributed by atoms with Crippen molar-refractivity contribution in [1.29, 1.82) is 0 Å². The fourth-order valence-electron chi connectivity index (χ4n) is 2.10. The van der Waals surface area contributed by atoms with E-state index < -0.39 is 11.9 Å². The van der Waals surface area contributed by atoms with E-state index in [1.807, 2.05) is 24.3 Å². The normalized spacial score (nSPS) is 16.8. The average molecular weight is 292 g/mol. The van der Waals surface area contributed by atoms with E-state index in [9.17, 15) is 13.6 Å². The Morgan fingerprint density at radius 2 is 2.05 bits per heavy atom. The number of pyridine rings is 1. The monoisotopic (exact) mass is 292 g/mol. The number of carbonyl (C=O) groups excluding carboxylic acids is 1. The lowest BCUT2D eigenvalue weighted by molar-refractivity contribution is -0.117. The maximum atomic E-state index is 13.4. The number of rotatable bonds is 2. The van der Waals surface area contributed by atoms with Crippen LogP contribution in [0.2, 0.25) is 0 Å². The van der Waals surface area contributed by atoms with Crippen molar-refractivity contribution in [3.05, 3.63) is 53.9 Å². The summed E-state index contributed by atoms with van der Waals surface area (Å²) in [5.41, 5.74) is 0.830. The van der Waals surface area contributed by atoms with E-state index in [4.69, 9.17) is 0 Å². The van der Waals surface area contributed by atoms with Crippen molar-refractivity contribution in [2.24, 2.45) is 0 Å². The number of carbonyl (C=O) groups is 1. The van der Waals surface area contributed by atoms with Crippen LogP contribution in [0.5, 0.6) is 0 Å². The summed E-state index contributed by atoms with van der Waals surface area (Å²) in [6.07, 6.45) is 0. The van der Waals surface area contributed by atoms with Crippen LogP contribution in [-0.4, -0.2) is 16.6 Å². The van der Waals surface area contributed by atoms with Gasteiger partial charge < -0.3 is 5.32 Å². The lowest BCUT2D eigenvalue weighted by Gasteiger charge is -2.11. The smallest absolute Gasteiger partial charge is 0.239 e. The number of halogens is 2. The van der Waals surface area contributed by atoms with Crippen LogP contribution in [0.1, 0.15) is 11.5 Å². The highest BCUT2D eigenvalue weighted by atomic mass is 32.2. The zero-order valence-corrected chi connectivity index (χ0v) is 11.1. The Bertz CT molecular complexity index is 678. The molecule has 1 aromatic carbocycles. The second-order valence-corrected chi connectivity index (χ2v) is 5.42. The molecule has 0 bridgehead atoms. The molecular weight excluding hydrogens is 282 g/mol. The molecule has 2 aromatic rings. The van der Waals surface area contributed by atoms with Crippen LogP contribution in [0, 0.1) is 11.9 Å². The van der Waals surface area contributed by atoms with Gasteiger partial charge in [0.15, 0.2) is 0 Å². The van der Waals surface area contributed by atoms with E-state index >= 15 is 0 Å². The van der Waals surface area contributed by atoms with E-state index in [0.29, 0.717) is 5.75 Å². The van der Waals surface area contributed by atoms with Crippen molar-refractivity contribution in [2.45, 2.75) is 10.8 Å². The number of aromatic nitrogens is 1. The first-order valence-electron chi connectivity index (χ1n) is 6.00. The maximum absolute atomic E-state index is 13.4. The minimum absolute atomic E-state index is 0.106. The Kier molecular flexibility index (Phi) is 3.40. The van der Waals surface area contributed by atoms with Gasteiger partial charge in [-0.25, -0.2) is 0 Å². The standard InChI is InChI=1S/C14H10F2N2OS/c15-12-6-5-10(13(16)18-12)17-14(19)9-7-20-11-4-2-1-3-8(9)11/h1-6,9H,7H2,(H,17,19). The summed E-state index contributed by atoms with van der Waals surface area (Å²) in [5, 5.41) is 2.46. The van der Waals surface area contributed by atoms with Gasteiger partial charge >= 0.3 is 0 Å². The van der Waals surface area contributed by atoms with Crippen LogP contribution in [0.4, 0.5) is 14.5 Å². The number of amides is 1. The number of hydrogen-bond acceptors (Lipinski definition) is 3. The second kappa shape index (κ2) is 5.20. The Balaban J connectivity index is 1.81. The molecule has 2 heterocycles. The van der Waals surface area contributed by atoms with Crippen molar-refractivity contribution >= 4 is 23.4 Å². The van der Waals surface area contributed by atoms with Gasteiger partial charge in [-0.1, -0.05) is 18.2 Å². The third-order valence-corrected chi connectivity index (χ3v) is 4.27. The number of anilines is 1. The van der Waals surface area contributed by atoms with E-state index in [-0.39, 0.29) is 17.5 Å². The summed E-state index contributed by atoms with van der Waals surface area (Å²) in [6, 6.07) is 9.80. The number of benzene rings is 1. The van der Waals surface area contributed by atoms with Crippen LogP contribution < -0.4 is 5.32 Å². The first-order valence-corrected chi connectivity index (χ1v) is 6.98. The molecule has 3 rings (SSSR count). The molecule has 1 atom stereocenters. The first kappa shape index (κ1) is 13.1. The van der Waals surface area contributed by atoms with Crippen molar-refractivity contribution < 1.29 is 13.6 Å². The lowest BCUT2D eigenvalue weighted by atomic mass is 10.0. The summed E-state index contributed by atoms with van der Waals surface area (Å²) in [4.78, 5) is 16.3. The molecule has 0 radical (unpaired) electrons. The molecule has 0 spiro atoms. The number of fused-ring (bicyclic) bond motifs is 1. The molecular formula is C14H10F2N2OS. The summed E-state index contributed by atoms with van der Waals surface area (Å²) in [6.45, 7) is 0. The number of thioether (sulfide) groups is 1. The van der Waals surface area contributed by atoms with Crippen molar-refractivity contribution in [2.75, 3.05) is 11.1 Å². The van der Waals surface area contributed by atoms with Gasteiger partial charge in [0, 0.05) is 10.6 Å². The topological polar surface area (TPSA) is 42.0 Å². The van der Waals surface area contributed by atoms with Gasteiger partial charge in [0.05, 0.1) is 11.6 Å². The maximum Gasteiger partial charge on any atom is 0.239 e. The van der Waals surface area contributed by atoms with Gasteiger partial charge in [-0.05, 0) is 23.8 Å². The molecule has 1 aliphatic heterocycles. The second-order valence-electron chi connectivity index (χ2n) is 4.36. The summed E-state index contributed by atoms with van der Waals surface area (Å²) in [7, 11) is 0. The molecule has 0 saturated heterocycles. The van der Waals surface area contributed by atoms with Crippen LogP contribution in [-0.2, 0) is 4.79 Å². The average Bonchev–Trinajstić information content (AvgIpc) is 2.86. The fraction of sp³-hybridized carbons (Fsp3) is 0.143. The fourth-order valence-corrected chi connectivity index (χ4v) is 3.33. The molecule has 3 nitrogen and oxygen atoms in total. The third-order valence-electron chi connectivity index (χ3n) is 3.09. The van der Waals surface area contributed by atoms with Crippen LogP contribution in [0.25, 0.3) is 0 Å². The molecule has 20 heavy (non-hydrogen) atoms. The zero-order chi connectivity index (χ0) is 14.1. The van der Waals surface area contributed by atoms with Crippen molar-refractivity contribution in [1.82, 2.24) is 4.98 Å². The lowest BCUT2D eigenvalue weighted by Crippen LogP contribution is -2.22. The highest BCUT2D eigenvalue weighted by Gasteiger charge is 2.29. The predicted octanol–water partition coefficient (Wildman–Crippen LogP) is 3.19. The molecule has 1 aliphatic rings. The van der Waals surface area contributed by atoms with Gasteiger partial charge in [0.25, 0.3) is 0 Å². The SMILES string of the molecule is O=C(Nc1ccc(F)nc1F)C1CSc2ccccc21. The van der Waals surface area contributed by atoms with Crippen LogP contribution in [0.15, 0.2) is 41.3 Å². The van der Waals surface area contributed by atoms with Gasteiger partial charge in [-0.2, -0.15) is 13.8 Å². The molecule has 0 fully saturated rings. The first-order chi connectivity index (χ1) is 9.65. The van der Waals surface area contributed by atoms with Gasteiger partial charge in [0.1, 0.15) is 0 Å².